The quantitative estimate of drug-likeness (QED) is 0.822. The fourth-order valence-corrected chi connectivity index (χ4v) is 1.67. The van der Waals surface area contributed by atoms with Crippen LogP contribution in [0.15, 0.2) is 6.07 Å². The molecular formula is C11H18N4. The molecule has 4 nitrogen and oxygen atoms in total. The molecule has 1 aromatic heterocycles. The summed E-state index contributed by atoms with van der Waals surface area (Å²) in [6.45, 7) is 6.43. The molecule has 82 valence electrons. The van der Waals surface area contributed by atoms with Crippen LogP contribution in [0.5, 0.6) is 0 Å². The normalized spacial score (nSPS) is 11.1. The predicted molar refractivity (Wildman–Crippen MR) is 60.5 cm³/mol. The number of aromatic nitrogens is 2. The summed E-state index contributed by atoms with van der Waals surface area (Å²) in [6, 6.07) is 3.87. The fraction of sp³-hybridized carbons (Fsp3) is 0.636. The van der Waals surface area contributed by atoms with E-state index in [1.165, 1.54) is 0 Å². The number of rotatable bonds is 4. The maximum atomic E-state index is 8.79. The highest BCUT2D eigenvalue weighted by Gasteiger charge is 2.17. The van der Waals surface area contributed by atoms with Crippen LogP contribution in [0.4, 0.5) is 5.82 Å². The first kappa shape index (κ1) is 11.6. The van der Waals surface area contributed by atoms with E-state index in [2.05, 4.69) is 37.3 Å². The molecular weight excluding hydrogens is 188 g/mol. The monoisotopic (exact) mass is 206 g/mol. The van der Waals surface area contributed by atoms with E-state index in [9.17, 15) is 0 Å². The molecule has 15 heavy (non-hydrogen) atoms. The van der Waals surface area contributed by atoms with Crippen molar-refractivity contribution < 1.29 is 0 Å². The lowest BCUT2D eigenvalue weighted by Crippen LogP contribution is -2.30. The molecule has 1 rings (SSSR count). The average molecular weight is 206 g/mol. The van der Waals surface area contributed by atoms with Gasteiger partial charge < -0.3 is 5.32 Å². The van der Waals surface area contributed by atoms with Gasteiger partial charge in [-0.05, 0) is 20.3 Å². The van der Waals surface area contributed by atoms with Crippen LogP contribution in [0.3, 0.4) is 0 Å². The maximum Gasteiger partial charge on any atom is 0.149 e. The van der Waals surface area contributed by atoms with E-state index < -0.39 is 0 Å². The minimum Gasteiger partial charge on any atom is -0.364 e. The zero-order valence-corrected chi connectivity index (χ0v) is 9.83. The van der Waals surface area contributed by atoms with Crippen LogP contribution < -0.4 is 5.32 Å². The Morgan fingerprint density at radius 1 is 1.60 bits per heavy atom. The smallest absolute Gasteiger partial charge is 0.149 e. The number of hydrogen-bond donors (Lipinski definition) is 1. The maximum absolute atomic E-state index is 8.79. The number of nitriles is 1. The Morgan fingerprint density at radius 3 is 2.73 bits per heavy atom. The van der Waals surface area contributed by atoms with Gasteiger partial charge in [-0.2, -0.15) is 10.4 Å². The molecule has 4 heteroatoms. The molecule has 0 amide bonds. The van der Waals surface area contributed by atoms with Gasteiger partial charge in [-0.1, -0.05) is 13.3 Å². The van der Waals surface area contributed by atoms with Gasteiger partial charge in [-0.15, -0.1) is 0 Å². The van der Waals surface area contributed by atoms with Gasteiger partial charge in [0.15, 0.2) is 0 Å². The van der Waals surface area contributed by atoms with E-state index in [0.29, 0.717) is 5.69 Å². The summed E-state index contributed by atoms with van der Waals surface area (Å²) >= 11 is 0. The lowest BCUT2D eigenvalue weighted by Gasteiger charge is -2.25. The number of anilines is 1. The second kappa shape index (κ2) is 4.35. The van der Waals surface area contributed by atoms with Crippen LogP contribution in [-0.4, -0.2) is 15.3 Å². The summed E-state index contributed by atoms with van der Waals surface area (Å²) in [5.41, 5.74) is 0.598. The summed E-state index contributed by atoms with van der Waals surface area (Å²) in [6.07, 6.45) is 2.20. The molecule has 0 aliphatic rings. The Morgan fingerprint density at radius 2 is 2.27 bits per heavy atom. The minimum absolute atomic E-state index is 0.0236. The average Bonchev–Trinajstić information content (AvgIpc) is 2.44. The standard InChI is InChI=1S/C11H18N4/c1-5-6-11(2,3)13-10-7-9(8-12)15(4)14-10/h7H,5-6H2,1-4H3,(H,13,14). The SMILES string of the molecule is CCCC(C)(C)Nc1cc(C#N)n(C)n1. The van der Waals surface area contributed by atoms with Crippen LogP contribution in [0.25, 0.3) is 0 Å². The third-order valence-corrected chi connectivity index (χ3v) is 2.34. The van der Waals surface area contributed by atoms with Gasteiger partial charge in [0.1, 0.15) is 17.6 Å². The van der Waals surface area contributed by atoms with Crippen molar-refractivity contribution in [2.24, 2.45) is 7.05 Å². The van der Waals surface area contributed by atoms with Crippen LogP contribution >= 0.6 is 0 Å². The van der Waals surface area contributed by atoms with E-state index >= 15 is 0 Å². The van der Waals surface area contributed by atoms with E-state index in [1.54, 1.807) is 17.8 Å². The Labute approximate surface area is 90.9 Å². The lowest BCUT2D eigenvalue weighted by atomic mass is 9.99. The molecule has 0 aliphatic carbocycles. The van der Waals surface area contributed by atoms with Gasteiger partial charge in [-0.25, -0.2) is 0 Å². The molecule has 0 aromatic carbocycles. The summed E-state index contributed by atoms with van der Waals surface area (Å²) in [5, 5.41) is 16.4. The first-order valence-electron chi connectivity index (χ1n) is 5.21. The molecule has 1 heterocycles. The second-order valence-electron chi connectivity index (χ2n) is 4.41. The first-order valence-corrected chi connectivity index (χ1v) is 5.21. The zero-order chi connectivity index (χ0) is 11.5. The van der Waals surface area contributed by atoms with Crippen molar-refractivity contribution in [2.75, 3.05) is 5.32 Å². The number of aryl methyl sites for hydroxylation is 1. The highest BCUT2D eigenvalue weighted by Crippen LogP contribution is 2.18. The molecule has 1 N–H and O–H groups in total. The van der Waals surface area contributed by atoms with Crippen molar-refractivity contribution in [1.29, 1.82) is 5.26 Å². The Bertz CT molecular complexity index is 370. The molecule has 1 aromatic rings. The first-order chi connectivity index (χ1) is 6.98. The molecule has 0 fully saturated rings. The summed E-state index contributed by atoms with van der Waals surface area (Å²) in [7, 11) is 1.77. The Hall–Kier alpha value is -1.50. The van der Waals surface area contributed by atoms with Gasteiger partial charge in [0.25, 0.3) is 0 Å². The van der Waals surface area contributed by atoms with Crippen molar-refractivity contribution >= 4 is 5.82 Å². The van der Waals surface area contributed by atoms with Crippen molar-refractivity contribution in [3.8, 4) is 6.07 Å². The summed E-state index contributed by atoms with van der Waals surface area (Å²) in [4.78, 5) is 0. The van der Waals surface area contributed by atoms with Crippen molar-refractivity contribution in [2.45, 2.75) is 39.2 Å². The van der Waals surface area contributed by atoms with Crippen LogP contribution in [0, 0.1) is 11.3 Å². The highest BCUT2D eigenvalue weighted by molar-refractivity contribution is 5.42. The van der Waals surface area contributed by atoms with Gasteiger partial charge >= 0.3 is 0 Å². The van der Waals surface area contributed by atoms with Gasteiger partial charge in [0.05, 0.1) is 0 Å². The van der Waals surface area contributed by atoms with Crippen LogP contribution in [-0.2, 0) is 7.05 Å². The Balaban J connectivity index is 2.77. The largest absolute Gasteiger partial charge is 0.364 e. The summed E-state index contributed by atoms with van der Waals surface area (Å²) in [5.74, 6) is 0.771. The number of hydrogen-bond acceptors (Lipinski definition) is 3. The molecule has 0 spiro atoms. The molecule has 0 atom stereocenters. The van der Waals surface area contributed by atoms with Crippen molar-refractivity contribution in [3.63, 3.8) is 0 Å². The second-order valence-corrected chi connectivity index (χ2v) is 4.41. The minimum atomic E-state index is 0.0236. The van der Waals surface area contributed by atoms with Gasteiger partial charge in [-0.3, -0.25) is 4.68 Å². The molecule has 0 unspecified atom stereocenters. The van der Waals surface area contributed by atoms with E-state index in [0.717, 1.165) is 18.7 Å². The molecule has 0 radical (unpaired) electrons. The topological polar surface area (TPSA) is 53.6 Å². The predicted octanol–water partition coefficient (Wildman–Crippen LogP) is 2.28. The van der Waals surface area contributed by atoms with Crippen LogP contribution in [0.2, 0.25) is 0 Å². The van der Waals surface area contributed by atoms with E-state index in [4.69, 9.17) is 5.26 Å². The van der Waals surface area contributed by atoms with Crippen molar-refractivity contribution in [1.82, 2.24) is 9.78 Å². The molecule has 0 saturated heterocycles. The highest BCUT2D eigenvalue weighted by atomic mass is 15.3. The third-order valence-electron chi connectivity index (χ3n) is 2.34. The summed E-state index contributed by atoms with van der Waals surface area (Å²) < 4.78 is 1.59. The molecule has 0 saturated carbocycles. The third kappa shape index (κ3) is 2.98. The fourth-order valence-electron chi connectivity index (χ4n) is 1.67. The molecule has 0 aliphatic heterocycles. The van der Waals surface area contributed by atoms with Crippen LogP contribution in [0.1, 0.15) is 39.3 Å². The molecule has 0 bridgehead atoms. The Kier molecular flexibility index (Phi) is 3.35. The number of nitrogens with one attached hydrogen (secondary N) is 1. The van der Waals surface area contributed by atoms with E-state index in [-0.39, 0.29) is 5.54 Å². The number of nitrogens with zero attached hydrogens (tertiary/aromatic N) is 3. The van der Waals surface area contributed by atoms with Gasteiger partial charge in [0, 0.05) is 18.7 Å². The lowest BCUT2D eigenvalue weighted by molar-refractivity contribution is 0.508. The van der Waals surface area contributed by atoms with Crippen molar-refractivity contribution in [3.05, 3.63) is 11.8 Å². The zero-order valence-electron chi connectivity index (χ0n) is 9.83. The van der Waals surface area contributed by atoms with E-state index in [1.807, 2.05) is 0 Å². The van der Waals surface area contributed by atoms with Gasteiger partial charge in [0.2, 0.25) is 0 Å².